The third kappa shape index (κ3) is 4.40. The molecule has 0 aliphatic heterocycles. The van der Waals surface area contributed by atoms with Crippen molar-refractivity contribution in [2.75, 3.05) is 13.1 Å². The largest absolute Gasteiger partial charge is 0.314 e. The van der Waals surface area contributed by atoms with Gasteiger partial charge in [-0.2, -0.15) is 10.2 Å². The number of aryl methyl sites for hydroxylation is 3. The van der Waals surface area contributed by atoms with Gasteiger partial charge in [-0.1, -0.05) is 13.8 Å². The Kier molecular flexibility index (Phi) is 5.92. The van der Waals surface area contributed by atoms with Gasteiger partial charge in [-0.05, 0) is 37.4 Å². The van der Waals surface area contributed by atoms with Gasteiger partial charge in [-0.15, -0.1) is 0 Å². The molecule has 0 saturated heterocycles. The number of nitrogens with zero attached hydrogens (tertiary/aromatic N) is 4. The van der Waals surface area contributed by atoms with Gasteiger partial charge in [-0.25, -0.2) is 0 Å². The normalized spacial score (nSPS) is 13.0. The lowest BCUT2D eigenvalue weighted by molar-refractivity contribution is 0.488. The van der Waals surface area contributed by atoms with Crippen LogP contribution in [-0.2, 0) is 20.5 Å². The van der Waals surface area contributed by atoms with Crippen molar-refractivity contribution in [3.63, 3.8) is 0 Å². The molecule has 0 bridgehead atoms. The summed E-state index contributed by atoms with van der Waals surface area (Å²) in [5.74, 6) is 6.12. The molecule has 2 heterocycles. The Balaban J connectivity index is 1.86. The van der Waals surface area contributed by atoms with Gasteiger partial charge in [0.2, 0.25) is 0 Å². The van der Waals surface area contributed by atoms with Crippen molar-refractivity contribution in [2.24, 2.45) is 19.9 Å². The van der Waals surface area contributed by atoms with E-state index in [0.29, 0.717) is 5.92 Å². The molecule has 2 aromatic heterocycles. The lowest BCUT2D eigenvalue weighted by Gasteiger charge is -2.14. The van der Waals surface area contributed by atoms with Crippen molar-refractivity contribution in [2.45, 2.75) is 39.2 Å². The summed E-state index contributed by atoms with van der Waals surface area (Å²) in [6.45, 7) is 8.01. The Morgan fingerprint density at radius 3 is 2.57 bits per heavy atom. The monoisotopic (exact) mass is 319 g/mol. The lowest BCUT2D eigenvalue weighted by Crippen LogP contribution is -2.36. The molecule has 0 aliphatic rings. The molecular weight excluding hydrogens is 290 g/mol. The van der Waals surface area contributed by atoms with Gasteiger partial charge < -0.3 is 5.32 Å². The Morgan fingerprint density at radius 1 is 1.26 bits per heavy atom. The van der Waals surface area contributed by atoms with Gasteiger partial charge in [0.05, 0.1) is 17.4 Å². The Labute approximate surface area is 138 Å². The molecule has 0 aromatic carbocycles. The first-order chi connectivity index (χ1) is 10.9. The van der Waals surface area contributed by atoms with Crippen molar-refractivity contribution in [1.29, 1.82) is 0 Å². The van der Waals surface area contributed by atoms with E-state index in [4.69, 9.17) is 5.84 Å². The molecule has 4 N–H and O–H groups in total. The summed E-state index contributed by atoms with van der Waals surface area (Å²) in [4.78, 5) is 0. The highest BCUT2D eigenvalue weighted by Gasteiger charge is 2.14. The van der Waals surface area contributed by atoms with Crippen LogP contribution in [0.15, 0.2) is 12.3 Å². The minimum atomic E-state index is 0.00775. The Morgan fingerprint density at radius 2 is 2.00 bits per heavy atom. The molecular formula is C16H29N7. The number of rotatable bonds is 8. The molecule has 2 aromatic rings. The molecule has 1 unspecified atom stereocenters. The molecule has 0 spiro atoms. The highest BCUT2D eigenvalue weighted by Crippen LogP contribution is 2.17. The molecule has 128 valence electrons. The fourth-order valence-corrected chi connectivity index (χ4v) is 2.71. The average molecular weight is 319 g/mol. The lowest BCUT2D eigenvalue weighted by atomic mass is 10.0. The van der Waals surface area contributed by atoms with Gasteiger partial charge in [0, 0.05) is 32.5 Å². The predicted molar refractivity (Wildman–Crippen MR) is 91.9 cm³/mol. The Hall–Kier alpha value is -1.70. The van der Waals surface area contributed by atoms with Crippen LogP contribution in [0.5, 0.6) is 0 Å². The van der Waals surface area contributed by atoms with E-state index >= 15 is 0 Å². The number of nitrogens with two attached hydrogens (primary N) is 1. The Bertz CT molecular complexity index is 607. The zero-order valence-electron chi connectivity index (χ0n) is 14.8. The number of hydrogen-bond acceptors (Lipinski definition) is 5. The second kappa shape index (κ2) is 7.72. The van der Waals surface area contributed by atoms with E-state index in [9.17, 15) is 0 Å². The van der Waals surface area contributed by atoms with E-state index in [1.807, 2.05) is 30.4 Å². The summed E-state index contributed by atoms with van der Waals surface area (Å²) in [5, 5.41) is 12.5. The van der Waals surface area contributed by atoms with Crippen molar-refractivity contribution in [3.05, 3.63) is 34.9 Å². The van der Waals surface area contributed by atoms with E-state index < -0.39 is 0 Å². The summed E-state index contributed by atoms with van der Waals surface area (Å²) in [6.07, 6.45) is 3.07. The molecule has 0 fully saturated rings. The molecule has 2 rings (SSSR count). The summed E-state index contributed by atoms with van der Waals surface area (Å²) in [6, 6.07) is 2.07. The summed E-state index contributed by atoms with van der Waals surface area (Å²) in [7, 11) is 3.91. The minimum absolute atomic E-state index is 0.00775. The van der Waals surface area contributed by atoms with Crippen LogP contribution in [0, 0.1) is 6.92 Å². The molecule has 0 aliphatic carbocycles. The second-order valence-corrected chi connectivity index (χ2v) is 6.38. The molecule has 1 atom stereocenters. The molecule has 0 saturated carbocycles. The maximum atomic E-state index is 5.67. The highest BCUT2D eigenvalue weighted by molar-refractivity contribution is 5.20. The van der Waals surface area contributed by atoms with Crippen LogP contribution in [0.4, 0.5) is 0 Å². The first kappa shape index (κ1) is 17.7. The van der Waals surface area contributed by atoms with Crippen LogP contribution < -0.4 is 16.6 Å². The van der Waals surface area contributed by atoms with E-state index in [1.165, 1.54) is 11.3 Å². The van der Waals surface area contributed by atoms with Gasteiger partial charge in [0.25, 0.3) is 0 Å². The summed E-state index contributed by atoms with van der Waals surface area (Å²) >= 11 is 0. The maximum Gasteiger partial charge on any atom is 0.0823 e. The van der Waals surface area contributed by atoms with Gasteiger partial charge >= 0.3 is 0 Å². The van der Waals surface area contributed by atoms with Crippen LogP contribution in [0.1, 0.15) is 48.5 Å². The standard InChI is InChI=1S/C16H29N7/c1-11(2)16-13(10-22(4)21-16)6-7-18-9-15(19-17)14-8-12(3)23(5)20-14/h8,10-11,15,18-19H,6-7,9,17H2,1-5H3. The zero-order valence-corrected chi connectivity index (χ0v) is 14.8. The van der Waals surface area contributed by atoms with Gasteiger partial charge in [0.1, 0.15) is 0 Å². The quantitative estimate of drug-likeness (QED) is 0.383. The van der Waals surface area contributed by atoms with Gasteiger partial charge in [0.15, 0.2) is 0 Å². The molecule has 7 heteroatoms. The average Bonchev–Trinajstić information content (AvgIpc) is 3.02. The number of hydrogen-bond donors (Lipinski definition) is 3. The zero-order chi connectivity index (χ0) is 17.0. The fraction of sp³-hybridized carbons (Fsp3) is 0.625. The molecule has 0 amide bonds. The van der Waals surface area contributed by atoms with Crippen LogP contribution >= 0.6 is 0 Å². The van der Waals surface area contributed by atoms with Crippen LogP contribution in [0.3, 0.4) is 0 Å². The third-order valence-electron chi connectivity index (χ3n) is 4.09. The third-order valence-corrected chi connectivity index (χ3v) is 4.09. The SMILES string of the molecule is Cc1cc(C(CNCCc2cn(C)nc2C(C)C)NN)nn1C. The van der Waals surface area contributed by atoms with E-state index in [1.54, 1.807) is 0 Å². The predicted octanol–water partition coefficient (Wildman–Crippen LogP) is 0.922. The van der Waals surface area contributed by atoms with E-state index in [0.717, 1.165) is 30.9 Å². The van der Waals surface area contributed by atoms with E-state index in [-0.39, 0.29) is 6.04 Å². The molecule has 23 heavy (non-hydrogen) atoms. The van der Waals surface area contributed by atoms with Crippen LogP contribution in [0.25, 0.3) is 0 Å². The topological polar surface area (TPSA) is 85.7 Å². The number of nitrogens with one attached hydrogen (secondary N) is 2. The van der Waals surface area contributed by atoms with Crippen LogP contribution in [0.2, 0.25) is 0 Å². The first-order valence-electron chi connectivity index (χ1n) is 8.12. The first-order valence-corrected chi connectivity index (χ1v) is 8.12. The second-order valence-electron chi connectivity index (χ2n) is 6.38. The summed E-state index contributed by atoms with van der Waals surface area (Å²) < 4.78 is 3.76. The van der Waals surface area contributed by atoms with Gasteiger partial charge in [-0.3, -0.25) is 20.6 Å². The van der Waals surface area contributed by atoms with E-state index in [2.05, 4.69) is 47.1 Å². The smallest absolute Gasteiger partial charge is 0.0823 e. The number of aromatic nitrogens is 4. The van der Waals surface area contributed by atoms with Crippen molar-refractivity contribution >= 4 is 0 Å². The summed E-state index contributed by atoms with van der Waals surface area (Å²) in [5.41, 5.74) is 7.41. The number of hydrazine groups is 1. The van der Waals surface area contributed by atoms with Crippen molar-refractivity contribution in [3.8, 4) is 0 Å². The molecule has 0 radical (unpaired) electrons. The minimum Gasteiger partial charge on any atom is -0.314 e. The fourth-order valence-electron chi connectivity index (χ4n) is 2.71. The maximum absolute atomic E-state index is 5.67. The highest BCUT2D eigenvalue weighted by atomic mass is 15.3. The molecule has 7 nitrogen and oxygen atoms in total. The van der Waals surface area contributed by atoms with Crippen LogP contribution in [-0.4, -0.2) is 32.7 Å². The van der Waals surface area contributed by atoms with Crippen molar-refractivity contribution in [1.82, 2.24) is 30.3 Å². The van der Waals surface area contributed by atoms with Crippen molar-refractivity contribution < 1.29 is 0 Å².